The molecule has 0 amide bonds. The SMILES string of the molecule is CN(c1ccc(N2CCOCC2)cc1)c1nccc2ncccc12. The number of rotatable bonds is 3. The predicted octanol–water partition coefficient (Wildman–Crippen LogP) is 3.23. The van der Waals surface area contributed by atoms with Crippen molar-refractivity contribution in [2.75, 3.05) is 43.2 Å². The number of pyridine rings is 2. The van der Waals surface area contributed by atoms with E-state index in [-0.39, 0.29) is 0 Å². The number of hydrogen-bond donors (Lipinski definition) is 0. The second-order valence-electron chi connectivity index (χ2n) is 5.88. The maximum Gasteiger partial charge on any atom is 0.142 e. The van der Waals surface area contributed by atoms with E-state index in [1.807, 2.05) is 31.6 Å². The van der Waals surface area contributed by atoms with Crippen molar-refractivity contribution in [3.63, 3.8) is 0 Å². The molecule has 1 aliphatic heterocycles. The summed E-state index contributed by atoms with van der Waals surface area (Å²) in [6.45, 7) is 3.50. The first kappa shape index (κ1) is 14.9. The van der Waals surface area contributed by atoms with Crippen LogP contribution in [0.1, 0.15) is 0 Å². The van der Waals surface area contributed by atoms with Gasteiger partial charge in [0.15, 0.2) is 0 Å². The van der Waals surface area contributed by atoms with Gasteiger partial charge < -0.3 is 14.5 Å². The van der Waals surface area contributed by atoms with E-state index in [9.17, 15) is 0 Å². The fraction of sp³-hybridized carbons (Fsp3) is 0.263. The molecule has 5 nitrogen and oxygen atoms in total. The molecular formula is C19H20N4O. The monoisotopic (exact) mass is 320 g/mol. The number of hydrogen-bond acceptors (Lipinski definition) is 5. The molecule has 0 saturated carbocycles. The zero-order valence-electron chi connectivity index (χ0n) is 13.7. The van der Waals surface area contributed by atoms with Crippen molar-refractivity contribution in [1.29, 1.82) is 0 Å². The van der Waals surface area contributed by atoms with Crippen molar-refractivity contribution in [3.05, 3.63) is 54.9 Å². The molecule has 1 aromatic carbocycles. The van der Waals surface area contributed by atoms with E-state index < -0.39 is 0 Å². The van der Waals surface area contributed by atoms with Gasteiger partial charge in [-0.2, -0.15) is 0 Å². The molecule has 4 rings (SSSR count). The van der Waals surface area contributed by atoms with Gasteiger partial charge in [-0.25, -0.2) is 4.98 Å². The lowest BCUT2D eigenvalue weighted by atomic mass is 10.2. The molecule has 122 valence electrons. The molecule has 0 spiro atoms. The highest BCUT2D eigenvalue weighted by Gasteiger charge is 2.13. The van der Waals surface area contributed by atoms with Crippen LogP contribution in [0.3, 0.4) is 0 Å². The Morgan fingerprint density at radius 2 is 1.75 bits per heavy atom. The van der Waals surface area contributed by atoms with E-state index >= 15 is 0 Å². The molecule has 0 bridgehead atoms. The fourth-order valence-electron chi connectivity index (χ4n) is 3.09. The molecular weight excluding hydrogens is 300 g/mol. The largest absolute Gasteiger partial charge is 0.378 e. The maximum absolute atomic E-state index is 5.42. The molecule has 2 aromatic heterocycles. The van der Waals surface area contributed by atoms with E-state index in [4.69, 9.17) is 4.74 Å². The summed E-state index contributed by atoms with van der Waals surface area (Å²) in [7, 11) is 2.04. The number of anilines is 3. The zero-order chi connectivity index (χ0) is 16.4. The average Bonchev–Trinajstić information content (AvgIpc) is 2.68. The van der Waals surface area contributed by atoms with Gasteiger partial charge in [-0.15, -0.1) is 0 Å². The average molecular weight is 320 g/mol. The van der Waals surface area contributed by atoms with Crippen LogP contribution in [0.25, 0.3) is 10.9 Å². The van der Waals surface area contributed by atoms with Gasteiger partial charge >= 0.3 is 0 Å². The van der Waals surface area contributed by atoms with Gasteiger partial charge in [0, 0.05) is 49.3 Å². The normalized spacial score (nSPS) is 14.8. The van der Waals surface area contributed by atoms with Crippen LogP contribution >= 0.6 is 0 Å². The van der Waals surface area contributed by atoms with Gasteiger partial charge in [-0.05, 0) is 42.5 Å². The smallest absolute Gasteiger partial charge is 0.142 e. The summed E-state index contributed by atoms with van der Waals surface area (Å²) in [5, 5.41) is 1.06. The van der Waals surface area contributed by atoms with E-state index in [2.05, 4.69) is 50.1 Å². The van der Waals surface area contributed by atoms with Crippen LogP contribution in [-0.4, -0.2) is 43.3 Å². The van der Waals surface area contributed by atoms with Crippen LogP contribution in [0.5, 0.6) is 0 Å². The van der Waals surface area contributed by atoms with Crippen LogP contribution in [-0.2, 0) is 4.74 Å². The Balaban J connectivity index is 1.63. The predicted molar refractivity (Wildman–Crippen MR) is 97.1 cm³/mol. The van der Waals surface area contributed by atoms with Crippen molar-refractivity contribution in [2.24, 2.45) is 0 Å². The standard InChI is InChI=1S/C19H20N4O/c1-22(19-17-3-2-9-20-18(17)8-10-21-19)15-4-6-16(7-5-15)23-11-13-24-14-12-23/h2-10H,11-14H2,1H3. The van der Waals surface area contributed by atoms with Crippen molar-refractivity contribution in [1.82, 2.24) is 9.97 Å². The Kier molecular flexibility index (Phi) is 4.01. The first-order valence-corrected chi connectivity index (χ1v) is 8.19. The second kappa shape index (κ2) is 6.45. The van der Waals surface area contributed by atoms with E-state index in [1.165, 1.54) is 5.69 Å². The summed E-state index contributed by atoms with van der Waals surface area (Å²) in [6.07, 6.45) is 3.62. The van der Waals surface area contributed by atoms with Crippen LogP contribution < -0.4 is 9.80 Å². The molecule has 0 radical (unpaired) electrons. The summed E-state index contributed by atoms with van der Waals surface area (Å²) in [4.78, 5) is 13.4. The van der Waals surface area contributed by atoms with Crippen LogP contribution in [0.4, 0.5) is 17.2 Å². The minimum Gasteiger partial charge on any atom is -0.378 e. The summed E-state index contributed by atoms with van der Waals surface area (Å²) >= 11 is 0. The van der Waals surface area contributed by atoms with Gasteiger partial charge in [0.05, 0.1) is 18.7 Å². The highest BCUT2D eigenvalue weighted by molar-refractivity contribution is 5.91. The van der Waals surface area contributed by atoms with Crippen molar-refractivity contribution >= 4 is 28.1 Å². The minimum atomic E-state index is 0.800. The summed E-state index contributed by atoms with van der Waals surface area (Å²) in [6, 6.07) is 14.6. The zero-order valence-corrected chi connectivity index (χ0v) is 13.7. The Hall–Kier alpha value is -2.66. The third-order valence-corrected chi connectivity index (χ3v) is 4.44. The molecule has 3 aromatic rings. The number of morpholine rings is 1. The topological polar surface area (TPSA) is 41.5 Å². The minimum absolute atomic E-state index is 0.800. The van der Waals surface area contributed by atoms with Crippen molar-refractivity contribution in [3.8, 4) is 0 Å². The summed E-state index contributed by atoms with van der Waals surface area (Å²) in [5.74, 6) is 0.916. The molecule has 3 heterocycles. The molecule has 1 saturated heterocycles. The highest BCUT2D eigenvalue weighted by Crippen LogP contribution is 2.29. The molecule has 0 aliphatic carbocycles. The van der Waals surface area contributed by atoms with Crippen LogP contribution in [0, 0.1) is 0 Å². The molecule has 0 N–H and O–H groups in total. The van der Waals surface area contributed by atoms with Crippen molar-refractivity contribution in [2.45, 2.75) is 0 Å². The Morgan fingerprint density at radius 1 is 0.958 bits per heavy atom. The van der Waals surface area contributed by atoms with Crippen LogP contribution in [0.15, 0.2) is 54.9 Å². The molecule has 0 unspecified atom stereocenters. The van der Waals surface area contributed by atoms with Gasteiger partial charge in [0.1, 0.15) is 5.82 Å². The second-order valence-corrected chi connectivity index (χ2v) is 5.88. The lowest BCUT2D eigenvalue weighted by Crippen LogP contribution is -2.36. The number of ether oxygens (including phenoxy) is 1. The van der Waals surface area contributed by atoms with E-state index in [0.29, 0.717) is 0 Å². The lowest BCUT2D eigenvalue weighted by molar-refractivity contribution is 0.122. The molecule has 24 heavy (non-hydrogen) atoms. The first-order valence-electron chi connectivity index (χ1n) is 8.19. The van der Waals surface area contributed by atoms with Gasteiger partial charge in [0.25, 0.3) is 0 Å². The number of benzene rings is 1. The third-order valence-electron chi connectivity index (χ3n) is 4.44. The van der Waals surface area contributed by atoms with Gasteiger partial charge in [-0.1, -0.05) is 0 Å². The van der Waals surface area contributed by atoms with Crippen molar-refractivity contribution < 1.29 is 4.74 Å². The molecule has 5 heteroatoms. The van der Waals surface area contributed by atoms with E-state index in [1.54, 1.807) is 0 Å². The van der Waals surface area contributed by atoms with Gasteiger partial charge in [-0.3, -0.25) is 4.98 Å². The van der Waals surface area contributed by atoms with Crippen LogP contribution in [0.2, 0.25) is 0 Å². The molecule has 1 fully saturated rings. The number of nitrogens with zero attached hydrogens (tertiary/aromatic N) is 4. The maximum atomic E-state index is 5.42. The first-order chi connectivity index (χ1) is 11.8. The summed E-state index contributed by atoms with van der Waals surface area (Å²) < 4.78 is 5.42. The Bertz CT molecular complexity index is 823. The lowest BCUT2D eigenvalue weighted by Gasteiger charge is -2.29. The third kappa shape index (κ3) is 2.78. The van der Waals surface area contributed by atoms with E-state index in [0.717, 1.165) is 48.7 Å². The molecule has 0 atom stereocenters. The van der Waals surface area contributed by atoms with Gasteiger partial charge in [0.2, 0.25) is 0 Å². The molecule has 1 aliphatic rings. The Labute approximate surface area is 141 Å². The number of fused-ring (bicyclic) bond motifs is 1. The Morgan fingerprint density at radius 3 is 2.54 bits per heavy atom. The summed E-state index contributed by atoms with van der Waals surface area (Å²) in [5.41, 5.74) is 3.30. The quantitative estimate of drug-likeness (QED) is 0.741. The fourth-order valence-corrected chi connectivity index (χ4v) is 3.09. The highest BCUT2D eigenvalue weighted by atomic mass is 16.5. The number of aromatic nitrogens is 2.